The van der Waals surface area contributed by atoms with Crippen molar-refractivity contribution < 1.29 is 9.53 Å². The monoisotopic (exact) mass is 225 g/mol. The SMILES string of the molecule is N#Cc1cc(C=O)ccc1Oc1cncnc1. The summed E-state index contributed by atoms with van der Waals surface area (Å²) < 4.78 is 5.44. The molecular weight excluding hydrogens is 218 g/mol. The maximum absolute atomic E-state index is 10.6. The fraction of sp³-hybridized carbons (Fsp3) is 0. The number of benzene rings is 1. The van der Waals surface area contributed by atoms with Crippen LogP contribution in [0.1, 0.15) is 15.9 Å². The van der Waals surface area contributed by atoms with Crippen LogP contribution in [0.5, 0.6) is 11.5 Å². The fourth-order valence-corrected chi connectivity index (χ4v) is 1.26. The van der Waals surface area contributed by atoms with Crippen molar-refractivity contribution in [1.82, 2.24) is 9.97 Å². The van der Waals surface area contributed by atoms with Crippen molar-refractivity contribution in [2.45, 2.75) is 0 Å². The minimum absolute atomic E-state index is 0.290. The molecule has 0 aliphatic carbocycles. The van der Waals surface area contributed by atoms with Crippen LogP contribution in [0.25, 0.3) is 0 Å². The molecule has 0 unspecified atom stereocenters. The van der Waals surface area contributed by atoms with Gasteiger partial charge in [0.25, 0.3) is 0 Å². The van der Waals surface area contributed by atoms with E-state index in [1.165, 1.54) is 24.8 Å². The van der Waals surface area contributed by atoms with Gasteiger partial charge in [0, 0.05) is 5.56 Å². The normalized spacial score (nSPS) is 9.35. The Balaban J connectivity index is 2.34. The second kappa shape index (κ2) is 4.86. The van der Waals surface area contributed by atoms with Crippen LogP contribution in [0.4, 0.5) is 0 Å². The first-order valence-electron chi connectivity index (χ1n) is 4.75. The number of aldehydes is 1. The van der Waals surface area contributed by atoms with E-state index in [1.807, 2.05) is 6.07 Å². The highest BCUT2D eigenvalue weighted by molar-refractivity contribution is 5.76. The molecule has 0 saturated carbocycles. The molecule has 82 valence electrons. The molecule has 1 aromatic heterocycles. The molecule has 1 aromatic carbocycles. The zero-order valence-corrected chi connectivity index (χ0v) is 8.70. The average molecular weight is 225 g/mol. The summed E-state index contributed by atoms with van der Waals surface area (Å²) in [4.78, 5) is 18.2. The molecule has 0 saturated heterocycles. The number of nitriles is 1. The number of hydrogen-bond acceptors (Lipinski definition) is 5. The molecule has 5 heteroatoms. The second-order valence-corrected chi connectivity index (χ2v) is 3.16. The van der Waals surface area contributed by atoms with Gasteiger partial charge < -0.3 is 4.74 Å². The van der Waals surface area contributed by atoms with Gasteiger partial charge in [-0.2, -0.15) is 5.26 Å². The maximum atomic E-state index is 10.6. The minimum Gasteiger partial charge on any atom is -0.453 e. The van der Waals surface area contributed by atoms with Crippen molar-refractivity contribution in [3.8, 4) is 17.6 Å². The number of carbonyl (C=O) groups excluding carboxylic acids is 1. The summed E-state index contributed by atoms with van der Waals surface area (Å²) in [5, 5.41) is 8.94. The van der Waals surface area contributed by atoms with Gasteiger partial charge >= 0.3 is 0 Å². The number of carbonyl (C=O) groups is 1. The van der Waals surface area contributed by atoms with Gasteiger partial charge in [-0.1, -0.05) is 0 Å². The highest BCUT2D eigenvalue weighted by Crippen LogP contribution is 2.24. The minimum atomic E-state index is 0.290. The van der Waals surface area contributed by atoms with Gasteiger partial charge in [0.05, 0.1) is 18.0 Å². The van der Waals surface area contributed by atoms with Crippen LogP contribution in [0, 0.1) is 11.3 Å². The Labute approximate surface area is 97.3 Å². The summed E-state index contributed by atoms with van der Waals surface area (Å²) in [5.41, 5.74) is 0.719. The highest BCUT2D eigenvalue weighted by atomic mass is 16.5. The van der Waals surface area contributed by atoms with Crippen LogP contribution in [-0.4, -0.2) is 16.3 Å². The molecule has 17 heavy (non-hydrogen) atoms. The fourth-order valence-electron chi connectivity index (χ4n) is 1.26. The topological polar surface area (TPSA) is 75.9 Å². The average Bonchev–Trinajstić information content (AvgIpc) is 2.40. The Morgan fingerprint density at radius 2 is 2.06 bits per heavy atom. The van der Waals surface area contributed by atoms with E-state index in [9.17, 15) is 4.79 Å². The predicted octanol–water partition coefficient (Wildman–Crippen LogP) is 1.95. The van der Waals surface area contributed by atoms with Gasteiger partial charge in [-0.25, -0.2) is 9.97 Å². The molecule has 0 atom stereocenters. The van der Waals surface area contributed by atoms with E-state index in [0.717, 1.165) is 0 Å². The van der Waals surface area contributed by atoms with Gasteiger partial charge in [0.15, 0.2) is 5.75 Å². The van der Waals surface area contributed by atoms with E-state index in [0.29, 0.717) is 28.9 Å². The van der Waals surface area contributed by atoms with E-state index in [1.54, 1.807) is 12.1 Å². The number of ether oxygens (including phenoxy) is 1. The zero-order valence-electron chi connectivity index (χ0n) is 8.70. The van der Waals surface area contributed by atoms with E-state index >= 15 is 0 Å². The molecule has 2 rings (SSSR count). The van der Waals surface area contributed by atoms with Crippen molar-refractivity contribution in [3.05, 3.63) is 48.0 Å². The van der Waals surface area contributed by atoms with Crippen LogP contribution in [0.3, 0.4) is 0 Å². The van der Waals surface area contributed by atoms with Gasteiger partial charge in [-0.3, -0.25) is 4.79 Å². The lowest BCUT2D eigenvalue weighted by atomic mass is 10.1. The third kappa shape index (κ3) is 2.44. The van der Waals surface area contributed by atoms with Crippen LogP contribution < -0.4 is 4.74 Å². The molecule has 0 N–H and O–H groups in total. The molecular formula is C12H7N3O2. The van der Waals surface area contributed by atoms with Crippen molar-refractivity contribution in [2.24, 2.45) is 0 Å². The summed E-state index contributed by atoms with van der Waals surface area (Å²) in [6.45, 7) is 0. The number of rotatable bonds is 3. The van der Waals surface area contributed by atoms with Crippen molar-refractivity contribution in [2.75, 3.05) is 0 Å². The van der Waals surface area contributed by atoms with E-state index in [-0.39, 0.29) is 0 Å². The van der Waals surface area contributed by atoms with Gasteiger partial charge in [-0.15, -0.1) is 0 Å². The summed E-state index contributed by atoms with van der Waals surface area (Å²) >= 11 is 0. The second-order valence-electron chi connectivity index (χ2n) is 3.16. The summed E-state index contributed by atoms with van der Waals surface area (Å²) in [6.07, 6.45) is 5.04. The van der Waals surface area contributed by atoms with Gasteiger partial charge in [0.1, 0.15) is 24.4 Å². The molecule has 1 heterocycles. The Hall–Kier alpha value is -2.74. The van der Waals surface area contributed by atoms with E-state index in [4.69, 9.17) is 10.00 Å². The van der Waals surface area contributed by atoms with E-state index in [2.05, 4.69) is 9.97 Å². The molecule has 5 nitrogen and oxygen atoms in total. The molecule has 0 bridgehead atoms. The summed E-state index contributed by atoms with van der Waals surface area (Å²) in [7, 11) is 0. The first-order valence-corrected chi connectivity index (χ1v) is 4.75. The first kappa shape index (κ1) is 10.8. The third-order valence-electron chi connectivity index (χ3n) is 2.02. The molecule has 0 aliphatic heterocycles. The Morgan fingerprint density at radius 3 is 2.71 bits per heavy atom. The number of hydrogen-bond donors (Lipinski definition) is 0. The highest BCUT2D eigenvalue weighted by Gasteiger charge is 2.06. The Bertz CT molecular complexity index is 576. The van der Waals surface area contributed by atoms with Crippen LogP contribution in [0.2, 0.25) is 0 Å². The summed E-state index contributed by atoms with van der Waals surface area (Å²) in [6, 6.07) is 6.57. The quantitative estimate of drug-likeness (QED) is 0.746. The molecule has 0 radical (unpaired) electrons. The Morgan fingerprint density at radius 1 is 1.29 bits per heavy atom. The Kier molecular flexibility index (Phi) is 3.08. The standard InChI is InChI=1S/C12H7N3O2/c13-4-10-3-9(7-16)1-2-12(10)17-11-5-14-8-15-6-11/h1-3,5-8H. The van der Waals surface area contributed by atoms with Crippen molar-refractivity contribution >= 4 is 6.29 Å². The lowest BCUT2D eigenvalue weighted by molar-refractivity contribution is 0.112. The molecule has 0 amide bonds. The van der Waals surface area contributed by atoms with Crippen molar-refractivity contribution in [1.29, 1.82) is 5.26 Å². The van der Waals surface area contributed by atoms with E-state index < -0.39 is 0 Å². The first-order chi connectivity index (χ1) is 8.33. The van der Waals surface area contributed by atoms with Crippen LogP contribution in [-0.2, 0) is 0 Å². The third-order valence-corrected chi connectivity index (χ3v) is 2.02. The lowest BCUT2D eigenvalue weighted by Gasteiger charge is -2.06. The molecule has 0 aliphatic rings. The maximum Gasteiger partial charge on any atom is 0.164 e. The predicted molar refractivity (Wildman–Crippen MR) is 58.7 cm³/mol. The molecule has 0 spiro atoms. The van der Waals surface area contributed by atoms with Crippen LogP contribution >= 0.6 is 0 Å². The smallest absolute Gasteiger partial charge is 0.164 e. The largest absolute Gasteiger partial charge is 0.453 e. The lowest BCUT2D eigenvalue weighted by Crippen LogP contribution is -1.91. The van der Waals surface area contributed by atoms with Crippen LogP contribution in [0.15, 0.2) is 36.9 Å². The molecule has 0 fully saturated rings. The molecule has 2 aromatic rings. The number of aromatic nitrogens is 2. The zero-order chi connectivity index (χ0) is 12.1. The van der Waals surface area contributed by atoms with Gasteiger partial charge in [-0.05, 0) is 18.2 Å². The summed E-state index contributed by atoms with van der Waals surface area (Å²) in [5.74, 6) is 0.802. The number of nitrogens with zero attached hydrogens (tertiary/aromatic N) is 3. The van der Waals surface area contributed by atoms with Crippen molar-refractivity contribution in [3.63, 3.8) is 0 Å². The van der Waals surface area contributed by atoms with Gasteiger partial charge in [0.2, 0.25) is 0 Å².